The third-order valence-electron chi connectivity index (χ3n) is 1.96. The van der Waals surface area contributed by atoms with Crippen molar-refractivity contribution in [1.29, 1.82) is 0 Å². The number of anilines is 1. The van der Waals surface area contributed by atoms with E-state index < -0.39 is 0 Å². The van der Waals surface area contributed by atoms with Gasteiger partial charge in [-0.3, -0.25) is 0 Å². The first kappa shape index (κ1) is 11.9. The number of pyridine rings is 1. The normalized spacial score (nSPS) is 11.5. The maximum Gasteiger partial charge on any atom is 0.141 e. The minimum Gasteiger partial charge on any atom is -0.374 e. The fraction of sp³-hybridized carbons (Fsp3) is 0.545. The minimum atomic E-state index is -0.329. The molecule has 1 rings (SSSR count). The topological polar surface area (TPSA) is 34.1 Å². The first-order chi connectivity index (χ1) is 7.03. The summed E-state index contributed by atoms with van der Waals surface area (Å²) in [6, 6.07) is 2.99. The van der Waals surface area contributed by atoms with Crippen LogP contribution < -0.4 is 5.32 Å². The predicted molar refractivity (Wildman–Crippen MR) is 58.4 cm³/mol. The molecule has 0 saturated carbocycles. The van der Waals surface area contributed by atoms with Crippen LogP contribution in [0.3, 0.4) is 0 Å². The van der Waals surface area contributed by atoms with Crippen LogP contribution in [0.15, 0.2) is 18.3 Å². The van der Waals surface area contributed by atoms with Crippen LogP contribution in [0.5, 0.6) is 0 Å². The molecule has 1 aromatic rings. The smallest absolute Gasteiger partial charge is 0.141 e. The zero-order valence-corrected chi connectivity index (χ0v) is 9.38. The van der Waals surface area contributed by atoms with E-state index in [-0.39, 0.29) is 11.4 Å². The Morgan fingerprint density at radius 2 is 2.20 bits per heavy atom. The van der Waals surface area contributed by atoms with Crippen molar-refractivity contribution in [2.24, 2.45) is 0 Å². The van der Waals surface area contributed by atoms with Crippen molar-refractivity contribution in [3.8, 4) is 0 Å². The summed E-state index contributed by atoms with van der Waals surface area (Å²) in [7, 11) is 0. The molecule has 84 valence electrons. The molecule has 0 bridgehead atoms. The van der Waals surface area contributed by atoms with E-state index in [1.807, 2.05) is 20.8 Å². The lowest BCUT2D eigenvalue weighted by Crippen LogP contribution is -2.33. The van der Waals surface area contributed by atoms with Crippen molar-refractivity contribution in [2.75, 3.05) is 18.5 Å². The van der Waals surface area contributed by atoms with E-state index in [4.69, 9.17) is 4.74 Å². The standard InChI is InChI=1S/C11H17FN2O/c1-4-15-11(2,3)8-14-10-6-5-9(12)7-13-10/h5-7H,4,8H2,1-3H3,(H,13,14). The third-order valence-corrected chi connectivity index (χ3v) is 1.96. The largest absolute Gasteiger partial charge is 0.374 e. The van der Waals surface area contributed by atoms with Gasteiger partial charge in [0, 0.05) is 13.2 Å². The number of hydrogen-bond donors (Lipinski definition) is 1. The summed E-state index contributed by atoms with van der Waals surface area (Å²) in [4.78, 5) is 3.90. The Morgan fingerprint density at radius 3 is 2.73 bits per heavy atom. The van der Waals surface area contributed by atoms with E-state index in [0.29, 0.717) is 19.0 Å². The monoisotopic (exact) mass is 212 g/mol. The van der Waals surface area contributed by atoms with E-state index in [1.54, 1.807) is 6.07 Å². The zero-order valence-electron chi connectivity index (χ0n) is 9.38. The zero-order chi connectivity index (χ0) is 11.3. The number of nitrogens with zero attached hydrogens (tertiary/aromatic N) is 1. The molecule has 0 aliphatic carbocycles. The lowest BCUT2D eigenvalue weighted by molar-refractivity contribution is 0.000643. The highest BCUT2D eigenvalue weighted by Crippen LogP contribution is 2.11. The Morgan fingerprint density at radius 1 is 1.47 bits per heavy atom. The molecule has 0 atom stereocenters. The summed E-state index contributed by atoms with van der Waals surface area (Å²) < 4.78 is 18.1. The lowest BCUT2D eigenvalue weighted by atomic mass is 10.1. The second-order valence-corrected chi connectivity index (χ2v) is 3.91. The van der Waals surface area contributed by atoms with Crippen LogP contribution in [0.25, 0.3) is 0 Å². The quantitative estimate of drug-likeness (QED) is 0.814. The summed E-state index contributed by atoms with van der Waals surface area (Å²) in [6.45, 7) is 7.25. The second-order valence-electron chi connectivity index (χ2n) is 3.91. The summed E-state index contributed by atoms with van der Waals surface area (Å²) in [5.74, 6) is 0.328. The van der Waals surface area contributed by atoms with Crippen molar-refractivity contribution in [3.63, 3.8) is 0 Å². The molecule has 0 fully saturated rings. The number of halogens is 1. The van der Waals surface area contributed by atoms with Gasteiger partial charge < -0.3 is 10.1 Å². The van der Waals surface area contributed by atoms with Crippen molar-refractivity contribution in [2.45, 2.75) is 26.4 Å². The molecule has 0 unspecified atom stereocenters. The van der Waals surface area contributed by atoms with Crippen molar-refractivity contribution in [3.05, 3.63) is 24.1 Å². The Labute approximate surface area is 89.7 Å². The van der Waals surface area contributed by atoms with Crippen LogP contribution in [0.2, 0.25) is 0 Å². The molecular formula is C11H17FN2O. The Kier molecular flexibility index (Phi) is 4.03. The van der Waals surface area contributed by atoms with Crippen LogP contribution in [0.4, 0.5) is 10.2 Å². The molecule has 0 spiro atoms. The first-order valence-electron chi connectivity index (χ1n) is 5.03. The summed E-state index contributed by atoms with van der Waals surface area (Å²) >= 11 is 0. The molecule has 0 aliphatic heterocycles. The Balaban J connectivity index is 2.46. The van der Waals surface area contributed by atoms with Crippen LogP contribution in [0, 0.1) is 5.82 Å². The van der Waals surface area contributed by atoms with Crippen LogP contribution in [-0.4, -0.2) is 23.7 Å². The average molecular weight is 212 g/mol. The van der Waals surface area contributed by atoms with Crippen LogP contribution >= 0.6 is 0 Å². The van der Waals surface area contributed by atoms with Gasteiger partial charge in [-0.25, -0.2) is 9.37 Å². The highest BCUT2D eigenvalue weighted by Gasteiger charge is 2.16. The van der Waals surface area contributed by atoms with Crippen LogP contribution in [-0.2, 0) is 4.74 Å². The fourth-order valence-electron chi connectivity index (χ4n) is 1.23. The molecule has 4 heteroatoms. The molecule has 0 aliphatic rings. The van der Waals surface area contributed by atoms with E-state index in [9.17, 15) is 4.39 Å². The van der Waals surface area contributed by atoms with Gasteiger partial charge >= 0.3 is 0 Å². The molecule has 0 radical (unpaired) electrons. The van der Waals surface area contributed by atoms with Gasteiger partial charge in [0.2, 0.25) is 0 Å². The fourth-order valence-corrected chi connectivity index (χ4v) is 1.23. The van der Waals surface area contributed by atoms with Gasteiger partial charge in [-0.2, -0.15) is 0 Å². The highest BCUT2D eigenvalue weighted by molar-refractivity contribution is 5.33. The first-order valence-corrected chi connectivity index (χ1v) is 5.03. The molecule has 0 amide bonds. The van der Waals surface area contributed by atoms with Crippen molar-refractivity contribution >= 4 is 5.82 Å². The molecule has 1 heterocycles. The Hall–Kier alpha value is -1.16. The Bertz CT molecular complexity index is 298. The summed E-state index contributed by atoms with van der Waals surface area (Å²) in [5.41, 5.74) is -0.245. The molecular weight excluding hydrogens is 195 g/mol. The maximum absolute atomic E-state index is 12.6. The van der Waals surface area contributed by atoms with Crippen LogP contribution in [0.1, 0.15) is 20.8 Å². The van der Waals surface area contributed by atoms with Gasteiger partial charge in [0.25, 0.3) is 0 Å². The SMILES string of the molecule is CCOC(C)(C)CNc1ccc(F)cn1. The molecule has 0 saturated heterocycles. The van der Waals surface area contributed by atoms with Gasteiger partial charge in [0.15, 0.2) is 0 Å². The second kappa shape index (κ2) is 5.07. The predicted octanol–water partition coefficient (Wildman–Crippen LogP) is 2.45. The molecule has 0 aromatic carbocycles. The van der Waals surface area contributed by atoms with E-state index in [0.717, 1.165) is 0 Å². The van der Waals surface area contributed by atoms with E-state index in [2.05, 4.69) is 10.3 Å². The summed E-state index contributed by atoms with van der Waals surface area (Å²) in [5, 5.41) is 3.09. The molecule has 1 N–H and O–H groups in total. The lowest BCUT2D eigenvalue weighted by Gasteiger charge is -2.25. The third kappa shape index (κ3) is 4.25. The minimum absolute atomic E-state index is 0.245. The van der Waals surface area contributed by atoms with Crippen molar-refractivity contribution < 1.29 is 9.13 Å². The number of aromatic nitrogens is 1. The van der Waals surface area contributed by atoms with Gasteiger partial charge in [0.05, 0.1) is 11.8 Å². The van der Waals surface area contributed by atoms with Gasteiger partial charge in [-0.1, -0.05) is 0 Å². The maximum atomic E-state index is 12.6. The number of hydrogen-bond acceptors (Lipinski definition) is 3. The van der Waals surface area contributed by atoms with Crippen molar-refractivity contribution in [1.82, 2.24) is 4.98 Å². The molecule has 1 aromatic heterocycles. The number of rotatable bonds is 5. The average Bonchev–Trinajstić information content (AvgIpc) is 2.17. The van der Waals surface area contributed by atoms with E-state index in [1.165, 1.54) is 12.3 Å². The summed E-state index contributed by atoms with van der Waals surface area (Å²) in [6.07, 6.45) is 1.19. The highest BCUT2D eigenvalue weighted by atomic mass is 19.1. The molecule has 15 heavy (non-hydrogen) atoms. The van der Waals surface area contributed by atoms with Gasteiger partial charge in [-0.05, 0) is 32.9 Å². The van der Waals surface area contributed by atoms with E-state index >= 15 is 0 Å². The van der Waals surface area contributed by atoms with Gasteiger partial charge in [-0.15, -0.1) is 0 Å². The number of nitrogens with one attached hydrogen (secondary N) is 1. The number of ether oxygens (including phenoxy) is 1. The van der Waals surface area contributed by atoms with Gasteiger partial charge in [0.1, 0.15) is 11.6 Å². The molecule has 3 nitrogen and oxygen atoms in total.